The van der Waals surface area contributed by atoms with E-state index in [1.54, 1.807) is 6.92 Å². The van der Waals surface area contributed by atoms with Gasteiger partial charge in [-0.2, -0.15) is 0 Å². The van der Waals surface area contributed by atoms with Gasteiger partial charge >= 0.3 is 0 Å². The van der Waals surface area contributed by atoms with Gasteiger partial charge in [0.25, 0.3) is 11.9 Å². The Morgan fingerprint density at radius 1 is 1.92 bits per heavy atom. The number of nitrogens with one attached hydrogen (secondary N) is 1. The summed E-state index contributed by atoms with van der Waals surface area (Å²) in [4.78, 5) is 11.1. The lowest BCUT2D eigenvalue weighted by Gasteiger charge is -2.01. The Morgan fingerprint density at radius 2 is 2.58 bits per heavy atom. The number of hydrogen-bond acceptors (Lipinski definition) is 5. The lowest BCUT2D eigenvalue weighted by molar-refractivity contribution is -0.116. The van der Waals surface area contributed by atoms with Crippen molar-refractivity contribution in [3.8, 4) is 0 Å². The minimum absolute atomic E-state index is 0.143. The van der Waals surface area contributed by atoms with Crippen LogP contribution in [0, 0.1) is 0 Å². The third-order valence-corrected chi connectivity index (χ3v) is 2.17. The van der Waals surface area contributed by atoms with E-state index in [1.807, 2.05) is 0 Å². The molecule has 0 radical (unpaired) electrons. The van der Waals surface area contributed by atoms with Crippen LogP contribution in [0.25, 0.3) is 0 Å². The van der Waals surface area contributed by atoms with Gasteiger partial charge in [0, 0.05) is 0 Å². The first-order valence-electron chi connectivity index (χ1n) is 3.44. The van der Waals surface area contributed by atoms with Crippen molar-refractivity contribution < 1.29 is 14.6 Å². The van der Waals surface area contributed by atoms with Crippen molar-refractivity contribution in [3.63, 3.8) is 0 Å². The highest BCUT2D eigenvalue weighted by atomic mass is 32.2. The molecule has 1 aliphatic rings. The van der Waals surface area contributed by atoms with Crippen molar-refractivity contribution in [2.45, 2.75) is 12.4 Å². The minimum Gasteiger partial charge on any atom is -0.480 e. The predicted molar refractivity (Wildman–Crippen MR) is 45.0 cm³/mol. The van der Waals surface area contributed by atoms with E-state index in [2.05, 4.69) is 5.32 Å². The molecule has 5 nitrogen and oxygen atoms in total. The van der Waals surface area contributed by atoms with Gasteiger partial charge in [0.15, 0.2) is 4.91 Å². The van der Waals surface area contributed by atoms with Crippen LogP contribution in [0.5, 0.6) is 0 Å². The van der Waals surface area contributed by atoms with Crippen LogP contribution in [0.2, 0.25) is 0 Å². The Bertz CT molecular complexity index is 229. The second kappa shape index (κ2) is 3.68. The number of aliphatic hydroxyl groups is 1. The van der Waals surface area contributed by atoms with Crippen molar-refractivity contribution in [1.82, 2.24) is 5.32 Å². The number of hydrogen-bond donors (Lipinski definition) is 3. The van der Waals surface area contributed by atoms with Crippen molar-refractivity contribution >= 4 is 17.7 Å². The summed E-state index contributed by atoms with van der Waals surface area (Å²) in [5.41, 5.74) is 4.89. The fourth-order valence-electron chi connectivity index (χ4n) is 0.754. The van der Waals surface area contributed by atoms with Gasteiger partial charge in [0.2, 0.25) is 0 Å². The van der Waals surface area contributed by atoms with Gasteiger partial charge in [0.05, 0.1) is 6.61 Å². The molecule has 0 bridgehead atoms. The van der Waals surface area contributed by atoms with E-state index in [4.69, 9.17) is 15.6 Å². The third kappa shape index (κ3) is 1.83. The highest BCUT2D eigenvalue weighted by Gasteiger charge is 2.28. The van der Waals surface area contributed by atoms with Gasteiger partial charge in [-0.15, -0.1) is 0 Å². The van der Waals surface area contributed by atoms with Gasteiger partial charge < -0.3 is 20.9 Å². The zero-order valence-corrected chi connectivity index (χ0v) is 7.35. The molecule has 1 amide bonds. The van der Waals surface area contributed by atoms with Crippen molar-refractivity contribution in [2.75, 3.05) is 6.61 Å². The Labute approximate surface area is 74.0 Å². The number of nitrogens with two attached hydrogens (primary N) is 1. The van der Waals surface area contributed by atoms with E-state index >= 15 is 0 Å². The van der Waals surface area contributed by atoms with E-state index in [-0.39, 0.29) is 10.9 Å². The van der Waals surface area contributed by atoms with Gasteiger partial charge in [-0.3, -0.25) is 4.79 Å². The summed E-state index contributed by atoms with van der Waals surface area (Å²) >= 11 is 1.04. The summed E-state index contributed by atoms with van der Waals surface area (Å²) < 4.78 is 4.74. The summed E-state index contributed by atoms with van der Waals surface area (Å²) in [5, 5.41) is 11.6. The lowest BCUT2D eigenvalue weighted by atomic mass is 10.5. The third-order valence-electron chi connectivity index (χ3n) is 1.20. The smallest absolute Gasteiger partial charge is 0.296 e. The Hall–Kier alpha value is -0.880. The molecule has 0 spiro atoms. The molecule has 6 heteroatoms. The van der Waals surface area contributed by atoms with Crippen molar-refractivity contribution in [3.05, 3.63) is 10.9 Å². The molecule has 1 unspecified atom stereocenters. The molecule has 0 aromatic heterocycles. The van der Waals surface area contributed by atoms with Crippen molar-refractivity contribution in [2.24, 2.45) is 5.73 Å². The molecule has 1 atom stereocenters. The number of amides is 1. The number of thioether (sulfide) groups is 1. The SMILES string of the molecule is CCOC(O)=C1SC(N)NC1=O. The molecule has 1 fully saturated rings. The average molecular weight is 190 g/mol. The number of aliphatic hydroxyl groups excluding tert-OH is 1. The molecule has 1 heterocycles. The van der Waals surface area contributed by atoms with Gasteiger partial charge in [-0.1, -0.05) is 11.8 Å². The van der Waals surface area contributed by atoms with Crippen LogP contribution in [0.4, 0.5) is 0 Å². The van der Waals surface area contributed by atoms with Crippen LogP contribution in [0.3, 0.4) is 0 Å². The maximum atomic E-state index is 11.0. The average Bonchev–Trinajstić information content (AvgIpc) is 2.30. The fraction of sp³-hybridized carbons (Fsp3) is 0.500. The summed E-state index contributed by atoms with van der Waals surface area (Å²) in [7, 11) is 0. The van der Waals surface area contributed by atoms with E-state index in [0.717, 1.165) is 11.8 Å². The molecule has 4 N–H and O–H groups in total. The van der Waals surface area contributed by atoms with Gasteiger partial charge in [-0.05, 0) is 6.92 Å². The molecule has 0 aliphatic carbocycles. The molecule has 1 aliphatic heterocycles. The Kier molecular flexibility index (Phi) is 2.83. The zero-order chi connectivity index (χ0) is 9.14. The normalized spacial score (nSPS) is 26.8. The van der Waals surface area contributed by atoms with E-state index in [1.165, 1.54) is 0 Å². The summed E-state index contributed by atoms with van der Waals surface area (Å²) in [6, 6.07) is 0. The maximum Gasteiger partial charge on any atom is 0.296 e. The van der Waals surface area contributed by atoms with Gasteiger partial charge in [0.1, 0.15) is 5.50 Å². The number of carbonyl (C=O) groups excluding carboxylic acids is 1. The predicted octanol–water partition coefficient (Wildman–Crippen LogP) is -0.145. The number of ether oxygens (including phenoxy) is 1. The topological polar surface area (TPSA) is 84.6 Å². The Morgan fingerprint density at radius 3 is 3.00 bits per heavy atom. The lowest BCUT2D eigenvalue weighted by Crippen LogP contribution is -2.31. The quantitative estimate of drug-likeness (QED) is 0.416. The first-order valence-corrected chi connectivity index (χ1v) is 4.32. The number of carbonyl (C=O) groups is 1. The van der Waals surface area contributed by atoms with Crippen LogP contribution >= 0.6 is 11.8 Å². The molecule has 0 aromatic rings. The molecule has 0 aromatic carbocycles. The van der Waals surface area contributed by atoms with E-state index in [9.17, 15) is 4.79 Å². The zero-order valence-electron chi connectivity index (χ0n) is 6.53. The number of rotatable bonds is 2. The summed E-state index contributed by atoms with van der Waals surface area (Å²) in [6.07, 6.45) is 0. The van der Waals surface area contributed by atoms with Crippen LogP contribution in [0.1, 0.15) is 6.92 Å². The summed E-state index contributed by atoms with van der Waals surface area (Å²) in [6.45, 7) is 2.03. The molecular weight excluding hydrogens is 180 g/mol. The first kappa shape index (κ1) is 9.21. The second-order valence-corrected chi connectivity index (χ2v) is 3.23. The molecule has 0 saturated carbocycles. The highest BCUT2D eigenvalue weighted by molar-refractivity contribution is 8.05. The van der Waals surface area contributed by atoms with Crippen molar-refractivity contribution in [1.29, 1.82) is 0 Å². The summed E-state index contributed by atoms with van der Waals surface area (Å²) in [5.74, 6) is -0.744. The monoisotopic (exact) mass is 190 g/mol. The standard InChI is InChI=1S/C6H10N2O3S/c1-2-11-5(10)3-4(9)8-6(7)12-3/h6,10H,2,7H2,1H3,(H,8,9). The minimum atomic E-state index is -0.491. The van der Waals surface area contributed by atoms with Crippen LogP contribution in [-0.2, 0) is 9.53 Å². The van der Waals surface area contributed by atoms with Crippen LogP contribution in [-0.4, -0.2) is 23.1 Å². The van der Waals surface area contributed by atoms with Crippen LogP contribution < -0.4 is 11.1 Å². The largest absolute Gasteiger partial charge is 0.480 e. The fourth-order valence-corrected chi connectivity index (χ4v) is 1.50. The second-order valence-electron chi connectivity index (χ2n) is 2.08. The Balaban J connectivity index is 2.73. The molecule has 1 rings (SSSR count). The van der Waals surface area contributed by atoms with Crippen LogP contribution in [0.15, 0.2) is 10.9 Å². The molecular formula is C6H10N2O3S. The molecule has 68 valence electrons. The van der Waals surface area contributed by atoms with Gasteiger partial charge in [-0.25, -0.2) is 0 Å². The maximum absolute atomic E-state index is 11.0. The highest BCUT2D eigenvalue weighted by Crippen LogP contribution is 2.26. The molecule has 1 saturated heterocycles. The molecule has 12 heavy (non-hydrogen) atoms. The first-order chi connectivity index (χ1) is 5.65. The van der Waals surface area contributed by atoms with E-state index in [0.29, 0.717) is 6.61 Å². The van der Waals surface area contributed by atoms with E-state index < -0.39 is 11.4 Å².